The first-order valence-corrected chi connectivity index (χ1v) is 11.2. The number of rotatable bonds is 7. The molecule has 1 aliphatic rings. The van der Waals surface area contributed by atoms with Crippen molar-refractivity contribution in [1.29, 1.82) is 0 Å². The molecule has 3 rings (SSSR count). The molecule has 1 aromatic heterocycles. The minimum Gasteiger partial charge on any atom is -0.483 e. The van der Waals surface area contributed by atoms with Crippen LogP contribution < -0.4 is 4.74 Å². The summed E-state index contributed by atoms with van der Waals surface area (Å²) in [5.41, 5.74) is 0.534. The number of carbonyl (C=O) groups is 2. The Balaban J connectivity index is 1.54. The molecule has 1 amide bonds. The second-order valence-corrected chi connectivity index (χ2v) is 9.70. The lowest BCUT2D eigenvalue weighted by Crippen LogP contribution is -2.54. The van der Waals surface area contributed by atoms with Crippen molar-refractivity contribution in [2.45, 2.75) is 25.9 Å². The Morgan fingerprint density at radius 2 is 2.10 bits per heavy atom. The molecular formula is C20H22BrClN2O4S. The van der Waals surface area contributed by atoms with Crippen LogP contribution in [0.15, 0.2) is 34.8 Å². The van der Waals surface area contributed by atoms with Crippen molar-refractivity contribution >= 4 is 50.7 Å². The summed E-state index contributed by atoms with van der Waals surface area (Å²) < 4.78 is 7.23. The summed E-state index contributed by atoms with van der Waals surface area (Å²) in [4.78, 5) is 29.1. The molecule has 0 spiro atoms. The van der Waals surface area contributed by atoms with Gasteiger partial charge in [0.15, 0.2) is 6.61 Å². The minimum absolute atomic E-state index is 0.0682. The molecule has 0 radical (unpaired) electrons. The first-order chi connectivity index (χ1) is 13.8. The first kappa shape index (κ1) is 22.1. The lowest BCUT2D eigenvalue weighted by molar-refractivity contribution is -0.138. The minimum atomic E-state index is -0.948. The average molecular weight is 502 g/mol. The quantitative estimate of drug-likeness (QED) is 0.623. The first-order valence-electron chi connectivity index (χ1n) is 9.21. The number of piperazine rings is 1. The smallest absolute Gasteiger partial charge is 0.307 e. The molecule has 0 aliphatic carbocycles. The van der Waals surface area contributed by atoms with E-state index in [1.54, 1.807) is 29.5 Å². The van der Waals surface area contributed by atoms with Crippen LogP contribution in [0, 0.1) is 0 Å². The molecule has 6 nitrogen and oxygen atoms in total. The van der Waals surface area contributed by atoms with Gasteiger partial charge in [-0.1, -0.05) is 27.5 Å². The molecule has 2 heterocycles. The molecule has 1 aliphatic heterocycles. The Bertz CT molecular complexity index is 891. The van der Waals surface area contributed by atoms with E-state index in [9.17, 15) is 9.59 Å². The molecule has 156 valence electrons. The van der Waals surface area contributed by atoms with Gasteiger partial charge >= 0.3 is 5.97 Å². The van der Waals surface area contributed by atoms with Gasteiger partial charge in [-0.25, -0.2) is 0 Å². The number of aliphatic carboxylic acids is 1. The molecular weight excluding hydrogens is 480 g/mol. The second kappa shape index (κ2) is 9.93. The van der Waals surface area contributed by atoms with Gasteiger partial charge in [-0.3, -0.25) is 14.5 Å². The monoisotopic (exact) mass is 500 g/mol. The highest BCUT2D eigenvalue weighted by Gasteiger charge is 2.28. The SMILES string of the molecule is C[C@@H]1CN(Cc2ccc(Cl)s2)CCN1C(=O)COc1ccc(Br)cc1CC(=O)O. The van der Waals surface area contributed by atoms with E-state index >= 15 is 0 Å². The molecule has 29 heavy (non-hydrogen) atoms. The van der Waals surface area contributed by atoms with E-state index in [4.69, 9.17) is 21.4 Å². The summed E-state index contributed by atoms with van der Waals surface area (Å²) in [6.07, 6.45) is -0.162. The number of amides is 1. The van der Waals surface area contributed by atoms with Crippen LogP contribution in [0.5, 0.6) is 5.75 Å². The largest absolute Gasteiger partial charge is 0.483 e. The fourth-order valence-electron chi connectivity index (χ4n) is 3.42. The lowest BCUT2D eigenvalue weighted by Gasteiger charge is -2.39. The van der Waals surface area contributed by atoms with E-state index in [1.807, 2.05) is 24.0 Å². The van der Waals surface area contributed by atoms with E-state index < -0.39 is 5.97 Å². The zero-order valence-electron chi connectivity index (χ0n) is 15.9. The maximum absolute atomic E-state index is 12.7. The van der Waals surface area contributed by atoms with Gasteiger partial charge in [-0.2, -0.15) is 0 Å². The van der Waals surface area contributed by atoms with Gasteiger partial charge in [0, 0.05) is 47.1 Å². The van der Waals surface area contributed by atoms with Gasteiger partial charge in [-0.05, 0) is 37.3 Å². The summed E-state index contributed by atoms with van der Waals surface area (Å²) in [6, 6.07) is 9.16. The Morgan fingerprint density at radius 3 is 2.76 bits per heavy atom. The Labute approximate surface area is 187 Å². The predicted molar refractivity (Wildman–Crippen MR) is 117 cm³/mol. The summed E-state index contributed by atoms with van der Waals surface area (Å²) in [6.45, 7) is 4.94. The van der Waals surface area contributed by atoms with Crippen LogP contribution in [0.4, 0.5) is 0 Å². The molecule has 1 N–H and O–H groups in total. The van der Waals surface area contributed by atoms with Gasteiger partial charge in [0.2, 0.25) is 0 Å². The second-order valence-electron chi connectivity index (χ2n) is 6.99. The number of ether oxygens (including phenoxy) is 1. The van der Waals surface area contributed by atoms with E-state index in [0.29, 0.717) is 17.9 Å². The van der Waals surface area contributed by atoms with Crippen LogP contribution in [0.3, 0.4) is 0 Å². The molecule has 1 aromatic carbocycles. The fraction of sp³-hybridized carbons (Fsp3) is 0.400. The number of carboxylic acid groups (broad SMARTS) is 1. The van der Waals surface area contributed by atoms with E-state index in [2.05, 4.69) is 20.8 Å². The maximum Gasteiger partial charge on any atom is 0.307 e. The number of hydrogen-bond donors (Lipinski definition) is 1. The fourth-order valence-corrected chi connectivity index (χ4v) is 4.96. The van der Waals surface area contributed by atoms with E-state index in [-0.39, 0.29) is 25.0 Å². The predicted octanol–water partition coefficient (Wildman–Crippen LogP) is 3.90. The van der Waals surface area contributed by atoms with Crippen LogP contribution >= 0.6 is 38.9 Å². The molecule has 1 saturated heterocycles. The highest BCUT2D eigenvalue weighted by atomic mass is 79.9. The molecule has 1 fully saturated rings. The van der Waals surface area contributed by atoms with E-state index in [0.717, 1.165) is 28.4 Å². The lowest BCUT2D eigenvalue weighted by atomic mass is 10.1. The Kier molecular flexibility index (Phi) is 7.56. The van der Waals surface area contributed by atoms with Crippen molar-refractivity contribution < 1.29 is 19.4 Å². The number of halogens is 2. The van der Waals surface area contributed by atoms with Crippen molar-refractivity contribution in [3.63, 3.8) is 0 Å². The Hall–Kier alpha value is -1.61. The number of thiophene rings is 1. The molecule has 0 bridgehead atoms. The maximum atomic E-state index is 12.7. The normalized spacial score (nSPS) is 17.3. The average Bonchev–Trinajstić information content (AvgIpc) is 3.05. The summed E-state index contributed by atoms with van der Waals surface area (Å²) in [5, 5.41) is 9.07. The third-order valence-electron chi connectivity index (χ3n) is 4.76. The van der Waals surface area contributed by atoms with Gasteiger partial charge in [-0.15, -0.1) is 11.3 Å². The Morgan fingerprint density at radius 1 is 1.31 bits per heavy atom. The zero-order valence-corrected chi connectivity index (χ0v) is 19.1. The molecule has 0 saturated carbocycles. The van der Waals surface area contributed by atoms with Crippen LogP contribution in [0.1, 0.15) is 17.4 Å². The number of hydrogen-bond acceptors (Lipinski definition) is 5. The number of nitrogens with zero attached hydrogens (tertiary/aromatic N) is 2. The summed E-state index contributed by atoms with van der Waals surface area (Å²) in [5.74, 6) is -0.624. The molecule has 1 atom stereocenters. The van der Waals surface area contributed by atoms with Crippen LogP contribution in [0.2, 0.25) is 4.34 Å². The van der Waals surface area contributed by atoms with Gasteiger partial charge in [0.25, 0.3) is 5.91 Å². The molecule has 2 aromatic rings. The highest BCUT2D eigenvalue weighted by molar-refractivity contribution is 9.10. The summed E-state index contributed by atoms with van der Waals surface area (Å²) >= 11 is 10.9. The van der Waals surface area contributed by atoms with Crippen LogP contribution in [-0.2, 0) is 22.6 Å². The van der Waals surface area contributed by atoms with Crippen molar-refractivity contribution in [2.24, 2.45) is 0 Å². The van der Waals surface area contributed by atoms with Crippen molar-refractivity contribution in [3.8, 4) is 5.75 Å². The third kappa shape index (κ3) is 6.18. The van der Waals surface area contributed by atoms with Gasteiger partial charge in [0.1, 0.15) is 5.75 Å². The molecule has 0 unspecified atom stereocenters. The van der Waals surface area contributed by atoms with Crippen molar-refractivity contribution in [1.82, 2.24) is 9.80 Å². The highest BCUT2D eigenvalue weighted by Crippen LogP contribution is 2.25. The topological polar surface area (TPSA) is 70.1 Å². The number of carboxylic acids is 1. The van der Waals surface area contributed by atoms with Crippen LogP contribution in [0.25, 0.3) is 0 Å². The van der Waals surface area contributed by atoms with Gasteiger partial charge in [0.05, 0.1) is 10.8 Å². The molecule has 9 heteroatoms. The number of benzene rings is 1. The van der Waals surface area contributed by atoms with E-state index in [1.165, 1.54) is 4.88 Å². The van der Waals surface area contributed by atoms with Crippen LogP contribution in [-0.4, -0.2) is 59.1 Å². The van der Waals surface area contributed by atoms with Crippen molar-refractivity contribution in [3.05, 3.63) is 49.6 Å². The zero-order chi connectivity index (χ0) is 21.0. The number of carbonyl (C=O) groups excluding carboxylic acids is 1. The van der Waals surface area contributed by atoms with Gasteiger partial charge < -0.3 is 14.7 Å². The van der Waals surface area contributed by atoms with Crippen molar-refractivity contribution in [2.75, 3.05) is 26.2 Å². The summed E-state index contributed by atoms with van der Waals surface area (Å²) in [7, 11) is 0. The third-order valence-corrected chi connectivity index (χ3v) is 6.46. The standard InChI is InChI=1S/C20H22BrClN2O4S/c1-13-10-23(11-16-3-5-18(22)29-16)6-7-24(13)19(25)12-28-17-4-2-15(21)8-14(17)9-20(26)27/h2-5,8,13H,6-7,9-12H2,1H3,(H,26,27)/t13-/m1/s1.